The maximum absolute atomic E-state index is 4.45. The lowest BCUT2D eigenvalue weighted by Crippen LogP contribution is -2.07. The summed E-state index contributed by atoms with van der Waals surface area (Å²) in [5.74, 6) is 2.50. The highest BCUT2D eigenvalue weighted by Crippen LogP contribution is 2.23. The Hall–Kier alpha value is -2.10. The van der Waals surface area contributed by atoms with Crippen LogP contribution >= 0.6 is 0 Å². The molecule has 2 aromatic rings. The zero-order valence-electron chi connectivity index (χ0n) is 11.0. The van der Waals surface area contributed by atoms with Gasteiger partial charge in [0.05, 0.1) is 0 Å². The van der Waals surface area contributed by atoms with Crippen molar-refractivity contribution in [3.05, 3.63) is 41.7 Å². The molecule has 0 saturated heterocycles. The van der Waals surface area contributed by atoms with Gasteiger partial charge in [0.15, 0.2) is 0 Å². The summed E-state index contributed by atoms with van der Waals surface area (Å²) in [5, 5.41) is 6.57. The summed E-state index contributed by atoms with van der Waals surface area (Å²) in [7, 11) is 0. The molecule has 0 radical (unpaired) electrons. The van der Waals surface area contributed by atoms with Crippen molar-refractivity contribution in [2.75, 3.05) is 17.2 Å². The standard InChI is InChI=1S/C14H18N4/c1-4-15-13-10(2)14(17-11(3)16-13)18-12-8-6-5-7-9-12/h5-9H,4H2,1-3H3,(H2,15,16,17,18). The number of anilines is 3. The lowest BCUT2D eigenvalue weighted by Gasteiger charge is -2.13. The monoisotopic (exact) mass is 242 g/mol. The second-order valence-corrected chi connectivity index (χ2v) is 4.11. The third kappa shape index (κ3) is 2.77. The van der Waals surface area contributed by atoms with Gasteiger partial charge in [-0.3, -0.25) is 0 Å². The summed E-state index contributed by atoms with van der Waals surface area (Å²) in [4.78, 5) is 8.85. The summed E-state index contributed by atoms with van der Waals surface area (Å²) in [6.07, 6.45) is 0. The highest BCUT2D eigenvalue weighted by molar-refractivity contribution is 5.64. The quantitative estimate of drug-likeness (QED) is 0.864. The van der Waals surface area contributed by atoms with E-state index in [1.165, 1.54) is 0 Å². The first-order chi connectivity index (χ1) is 8.70. The molecule has 94 valence electrons. The van der Waals surface area contributed by atoms with E-state index < -0.39 is 0 Å². The van der Waals surface area contributed by atoms with E-state index in [2.05, 4.69) is 27.5 Å². The van der Waals surface area contributed by atoms with Gasteiger partial charge in [-0.2, -0.15) is 0 Å². The van der Waals surface area contributed by atoms with Crippen LogP contribution in [0.4, 0.5) is 17.3 Å². The zero-order valence-corrected chi connectivity index (χ0v) is 11.0. The molecule has 0 amide bonds. The van der Waals surface area contributed by atoms with Crippen molar-refractivity contribution >= 4 is 17.3 Å². The van der Waals surface area contributed by atoms with E-state index in [1.54, 1.807) is 0 Å². The lowest BCUT2D eigenvalue weighted by molar-refractivity contribution is 1.02. The first-order valence-electron chi connectivity index (χ1n) is 6.12. The van der Waals surface area contributed by atoms with Crippen LogP contribution in [0.25, 0.3) is 0 Å². The van der Waals surface area contributed by atoms with Crippen LogP contribution in [0.15, 0.2) is 30.3 Å². The first kappa shape index (κ1) is 12.4. The number of nitrogens with one attached hydrogen (secondary N) is 2. The van der Waals surface area contributed by atoms with E-state index in [-0.39, 0.29) is 0 Å². The fourth-order valence-corrected chi connectivity index (χ4v) is 1.75. The molecular formula is C14H18N4. The van der Waals surface area contributed by atoms with Gasteiger partial charge in [-0.25, -0.2) is 9.97 Å². The molecule has 2 N–H and O–H groups in total. The molecule has 0 aliphatic carbocycles. The van der Waals surface area contributed by atoms with Gasteiger partial charge in [0, 0.05) is 17.8 Å². The van der Waals surface area contributed by atoms with Crippen LogP contribution in [0.1, 0.15) is 18.3 Å². The molecule has 0 saturated carbocycles. The van der Waals surface area contributed by atoms with E-state index in [0.717, 1.165) is 35.3 Å². The number of hydrogen-bond acceptors (Lipinski definition) is 4. The number of rotatable bonds is 4. The number of benzene rings is 1. The normalized spacial score (nSPS) is 10.2. The van der Waals surface area contributed by atoms with Crippen LogP contribution < -0.4 is 10.6 Å². The van der Waals surface area contributed by atoms with E-state index >= 15 is 0 Å². The van der Waals surface area contributed by atoms with Crippen LogP contribution in [0.3, 0.4) is 0 Å². The third-order valence-electron chi connectivity index (χ3n) is 2.64. The summed E-state index contributed by atoms with van der Waals surface area (Å²) < 4.78 is 0. The van der Waals surface area contributed by atoms with Gasteiger partial charge in [0.2, 0.25) is 0 Å². The Kier molecular flexibility index (Phi) is 3.77. The summed E-state index contributed by atoms with van der Waals surface area (Å²) in [6.45, 7) is 6.82. The average molecular weight is 242 g/mol. The second kappa shape index (κ2) is 5.49. The minimum Gasteiger partial charge on any atom is -0.370 e. The maximum Gasteiger partial charge on any atom is 0.139 e. The highest BCUT2D eigenvalue weighted by atomic mass is 15.1. The number of para-hydroxylation sites is 1. The van der Waals surface area contributed by atoms with E-state index in [9.17, 15) is 0 Å². The van der Waals surface area contributed by atoms with Crippen molar-refractivity contribution in [2.45, 2.75) is 20.8 Å². The summed E-state index contributed by atoms with van der Waals surface area (Å²) in [5.41, 5.74) is 2.06. The molecule has 0 unspecified atom stereocenters. The van der Waals surface area contributed by atoms with Gasteiger partial charge in [-0.1, -0.05) is 18.2 Å². The molecule has 1 aromatic heterocycles. The smallest absolute Gasteiger partial charge is 0.139 e. The van der Waals surface area contributed by atoms with Crippen molar-refractivity contribution < 1.29 is 0 Å². The molecule has 0 aliphatic heterocycles. The highest BCUT2D eigenvalue weighted by Gasteiger charge is 2.08. The SMILES string of the molecule is CCNc1nc(C)nc(Nc2ccccc2)c1C. The number of aromatic nitrogens is 2. The molecule has 2 rings (SSSR count). The molecule has 0 fully saturated rings. The Morgan fingerprint density at radius 2 is 1.67 bits per heavy atom. The summed E-state index contributed by atoms with van der Waals surface area (Å²) >= 11 is 0. The molecule has 1 heterocycles. The van der Waals surface area contributed by atoms with Crippen molar-refractivity contribution in [3.8, 4) is 0 Å². The number of aryl methyl sites for hydroxylation is 1. The molecule has 4 heteroatoms. The predicted molar refractivity (Wildman–Crippen MR) is 75.4 cm³/mol. The molecule has 1 aromatic carbocycles. The van der Waals surface area contributed by atoms with Gasteiger partial charge >= 0.3 is 0 Å². The Balaban J connectivity index is 2.33. The molecule has 0 atom stereocenters. The second-order valence-electron chi connectivity index (χ2n) is 4.11. The van der Waals surface area contributed by atoms with E-state index in [1.807, 2.05) is 44.2 Å². The van der Waals surface area contributed by atoms with Gasteiger partial charge < -0.3 is 10.6 Å². The number of hydrogen-bond donors (Lipinski definition) is 2. The molecular weight excluding hydrogens is 224 g/mol. The van der Waals surface area contributed by atoms with E-state index in [0.29, 0.717) is 0 Å². The van der Waals surface area contributed by atoms with Gasteiger partial charge in [0.25, 0.3) is 0 Å². The van der Waals surface area contributed by atoms with Gasteiger partial charge in [-0.05, 0) is 32.9 Å². The lowest BCUT2D eigenvalue weighted by atomic mass is 10.2. The van der Waals surface area contributed by atoms with Crippen molar-refractivity contribution in [1.29, 1.82) is 0 Å². The van der Waals surface area contributed by atoms with Crippen molar-refractivity contribution in [1.82, 2.24) is 9.97 Å². The Bertz CT molecular complexity index is 523. The molecule has 18 heavy (non-hydrogen) atoms. The predicted octanol–water partition coefficient (Wildman–Crippen LogP) is 3.27. The topological polar surface area (TPSA) is 49.8 Å². The largest absolute Gasteiger partial charge is 0.370 e. The van der Waals surface area contributed by atoms with Gasteiger partial charge in [-0.15, -0.1) is 0 Å². The fourth-order valence-electron chi connectivity index (χ4n) is 1.75. The van der Waals surface area contributed by atoms with Crippen LogP contribution in [-0.4, -0.2) is 16.5 Å². The molecule has 4 nitrogen and oxygen atoms in total. The van der Waals surface area contributed by atoms with Crippen LogP contribution in [0, 0.1) is 13.8 Å². The fraction of sp³-hybridized carbons (Fsp3) is 0.286. The Morgan fingerprint density at radius 1 is 1.00 bits per heavy atom. The van der Waals surface area contributed by atoms with Crippen molar-refractivity contribution in [2.24, 2.45) is 0 Å². The van der Waals surface area contributed by atoms with Crippen molar-refractivity contribution in [3.63, 3.8) is 0 Å². The van der Waals surface area contributed by atoms with Crippen LogP contribution in [0.2, 0.25) is 0 Å². The molecule has 0 spiro atoms. The molecule has 0 bridgehead atoms. The van der Waals surface area contributed by atoms with Crippen LogP contribution in [-0.2, 0) is 0 Å². The van der Waals surface area contributed by atoms with E-state index in [4.69, 9.17) is 0 Å². The third-order valence-corrected chi connectivity index (χ3v) is 2.64. The summed E-state index contributed by atoms with van der Waals surface area (Å²) in [6, 6.07) is 10.0. The van der Waals surface area contributed by atoms with Gasteiger partial charge in [0.1, 0.15) is 17.5 Å². The maximum atomic E-state index is 4.45. The first-order valence-corrected chi connectivity index (χ1v) is 6.12. The Morgan fingerprint density at radius 3 is 2.33 bits per heavy atom. The number of nitrogens with zero attached hydrogens (tertiary/aromatic N) is 2. The molecule has 0 aliphatic rings. The minimum atomic E-state index is 0.759. The minimum absolute atomic E-state index is 0.759. The average Bonchev–Trinajstić information content (AvgIpc) is 2.36. The Labute approximate surface area is 107 Å². The zero-order chi connectivity index (χ0) is 13.0. The van der Waals surface area contributed by atoms with Crippen LogP contribution in [0.5, 0.6) is 0 Å².